The molecule has 0 aliphatic rings. The van der Waals surface area contributed by atoms with Gasteiger partial charge in [0.05, 0.1) is 20.6 Å². The third-order valence-corrected chi connectivity index (χ3v) is 5.78. The van der Waals surface area contributed by atoms with Crippen molar-refractivity contribution in [2.45, 2.75) is 11.8 Å². The van der Waals surface area contributed by atoms with E-state index in [1.54, 1.807) is 12.3 Å². The summed E-state index contributed by atoms with van der Waals surface area (Å²) in [5.41, 5.74) is 0.583. The first-order valence-corrected chi connectivity index (χ1v) is 8.63. The molecular formula is C12H9Cl2NO4S2. The van der Waals surface area contributed by atoms with Crippen molar-refractivity contribution in [3.05, 3.63) is 44.1 Å². The highest BCUT2D eigenvalue weighted by atomic mass is 35.5. The number of hydrogen-bond donors (Lipinski definition) is 2. The molecule has 2 N–H and O–H groups in total. The van der Waals surface area contributed by atoms with Crippen molar-refractivity contribution in [3.8, 4) is 0 Å². The number of hydrogen-bond acceptors (Lipinski definition) is 4. The van der Waals surface area contributed by atoms with Crippen molar-refractivity contribution in [2.75, 3.05) is 4.72 Å². The Morgan fingerprint density at radius 3 is 2.52 bits per heavy atom. The lowest BCUT2D eigenvalue weighted by molar-refractivity contribution is 0.0703. The van der Waals surface area contributed by atoms with Gasteiger partial charge in [-0.15, -0.1) is 11.3 Å². The second-order valence-corrected chi connectivity index (χ2v) is 7.49. The SMILES string of the molecule is Cc1csc(C(=O)O)c1NS(=O)(=O)c1ccc(Cl)c(Cl)c1. The van der Waals surface area contributed by atoms with E-state index in [1.807, 2.05) is 0 Å². The zero-order chi connectivity index (χ0) is 15.8. The first-order valence-electron chi connectivity index (χ1n) is 5.51. The Hall–Kier alpha value is -1.28. The van der Waals surface area contributed by atoms with Crippen LogP contribution in [0.4, 0.5) is 5.69 Å². The van der Waals surface area contributed by atoms with Gasteiger partial charge >= 0.3 is 5.97 Å². The number of carboxylic acid groups (broad SMARTS) is 1. The zero-order valence-electron chi connectivity index (χ0n) is 10.6. The summed E-state index contributed by atoms with van der Waals surface area (Å²) >= 11 is 12.5. The van der Waals surface area contributed by atoms with E-state index in [2.05, 4.69) is 4.72 Å². The van der Waals surface area contributed by atoms with E-state index < -0.39 is 16.0 Å². The number of anilines is 1. The van der Waals surface area contributed by atoms with Crippen LogP contribution in [0.1, 0.15) is 15.2 Å². The van der Waals surface area contributed by atoms with Crippen LogP contribution in [-0.4, -0.2) is 19.5 Å². The Morgan fingerprint density at radius 1 is 1.29 bits per heavy atom. The fraction of sp³-hybridized carbons (Fsp3) is 0.0833. The van der Waals surface area contributed by atoms with Gasteiger partial charge in [-0.05, 0) is 36.1 Å². The molecule has 0 aliphatic heterocycles. The molecule has 21 heavy (non-hydrogen) atoms. The number of benzene rings is 1. The predicted molar refractivity (Wildman–Crippen MR) is 83.3 cm³/mol. The third-order valence-electron chi connectivity index (χ3n) is 2.61. The van der Waals surface area contributed by atoms with E-state index in [1.165, 1.54) is 18.2 Å². The monoisotopic (exact) mass is 365 g/mol. The molecule has 9 heteroatoms. The number of sulfonamides is 1. The molecule has 1 aromatic heterocycles. The minimum atomic E-state index is -3.95. The maximum absolute atomic E-state index is 12.3. The van der Waals surface area contributed by atoms with E-state index in [9.17, 15) is 13.2 Å². The molecule has 0 spiro atoms. The first kappa shape index (κ1) is 16.1. The van der Waals surface area contributed by atoms with Crippen LogP contribution in [-0.2, 0) is 10.0 Å². The Labute approximate surface area is 135 Å². The minimum absolute atomic E-state index is 0.0542. The maximum atomic E-state index is 12.3. The largest absolute Gasteiger partial charge is 0.477 e. The van der Waals surface area contributed by atoms with Gasteiger partial charge in [0.1, 0.15) is 4.88 Å². The summed E-state index contributed by atoms with van der Waals surface area (Å²) in [6.07, 6.45) is 0. The molecular weight excluding hydrogens is 357 g/mol. The van der Waals surface area contributed by atoms with Gasteiger partial charge < -0.3 is 5.11 Å². The van der Waals surface area contributed by atoms with Crippen LogP contribution < -0.4 is 4.72 Å². The summed E-state index contributed by atoms with van der Waals surface area (Å²) in [4.78, 5) is 10.9. The van der Waals surface area contributed by atoms with Crippen LogP contribution in [0.25, 0.3) is 0 Å². The summed E-state index contributed by atoms with van der Waals surface area (Å²) < 4.78 is 26.9. The molecule has 0 atom stereocenters. The van der Waals surface area contributed by atoms with Crippen LogP contribution in [0.2, 0.25) is 10.0 Å². The van der Waals surface area contributed by atoms with Crippen LogP contribution in [0.3, 0.4) is 0 Å². The van der Waals surface area contributed by atoms with Crippen LogP contribution in [0.5, 0.6) is 0 Å². The molecule has 0 unspecified atom stereocenters. The summed E-state index contributed by atoms with van der Waals surface area (Å²) in [5, 5.41) is 11.0. The zero-order valence-corrected chi connectivity index (χ0v) is 13.7. The number of aromatic carboxylic acids is 1. The van der Waals surface area contributed by atoms with Gasteiger partial charge in [0.25, 0.3) is 10.0 Å². The predicted octanol–water partition coefficient (Wildman–Crippen LogP) is 3.86. The van der Waals surface area contributed by atoms with Gasteiger partial charge in [-0.3, -0.25) is 4.72 Å². The Morgan fingerprint density at radius 2 is 1.95 bits per heavy atom. The molecule has 0 saturated carbocycles. The number of halogens is 2. The molecule has 5 nitrogen and oxygen atoms in total. The normalized spacial score (nSPS) is 11.4. The van der Waals surface area contributed by atoms with E-state index >= 15 is 0 Å². The van der Waals surface area contributed by atoms with Gasteiger partial charge in [0.15, 0.2) is 0 Å². The summed E-state index contributed by atoms with van der Waals surface area (Å²) in [6.45, 7) is 1.62. The van der Waals surface area contributed by atoms with E-state index in [0.717, 1.165) is 11.3 Å². The number of nitrogens with one attached hydrogen (secondary N) is 1. The fourth-order valence-corrected chi connectivity index (χ4v) is 4.01. The van der Waals surface area contributed by atoms with Gasteiger partial charge in [-0.2, -0.15) is 0 Å². The Kier molecular flexibility index (Phi) is 4.48. The number of rotatable bonds is 4. The van der Waals surface area contributed by atoms with Crippen LogP contribution in [0, 0.1) is 6.92 Å². The molecule has 2 rings (SSSR count). The Bertz CT molecular complexity index is 815. The lowest BCUT2D eigenvalue weighted by atomic mass is 10.3. The average molecular weight is 366 g/mol. The first-order chi connectivity index (χ1) is 9.72. The summed E-state index contributed by atoms with van der Waals surface area (Å²) in [7, 11) is -3.95. The van der Waals surface area contributed by atoms with Crippen LogP contribution >= 0.6 is 34.5 Å². The molecule has 2 aromatic rings. The lowest BCUT2D eigenvalue weighted by Crippen LogP contribution is -2.15. The van der Waals surface area contributed by atoms with Crippen molar-refractivity contribution in [2.24, 2.45) is 0 Å². The van der Waals surface area contributed by atoms with Gasteiger partial charge in [0, 0.05) is 0 Å². The second-order valence-electron chi connectivity index (χ2n) is 4.11. The number of carboxylic acids is 1. The third kappa shape index (κ3) is 3.32. The van der Waals surface area contributed by atoms with Crippen molar-refractivity contribution >= 4 is 56.2 Å². The van der Waals surface area contributed by atoms with Crippen molar-refractivity contribution in [1.29, 1.82) is 0 Å². The van der Waals surface area contributed by atoms with Crippen molar-refractivity contribution in [3.63, 3.8) is 0 Å². The quantitative estimate of drug-likeness (QED) is 0.861. The minimum Gasteiger partial charge on any atom is -0.477 e. The second kappa shape index (κ2) is 5.84. The standard InChI is InChI=1S/C12H9Cl2NO4S2/c1-6-5-20-11(12(16)17)10(6)15-21(18,19)7-2-3-8(13)9(14)4-7/h2-5,15H,1H3,(H,16,17). The molecule has 0 aliphatic carbocycles. The lowest BCUT2D eigenvalue weighted by Gasteiger charge is -2.09. The van der Waals surface area contributed by atoms with E-state index in [4.69, 9.17) is 28.3 Å². The highest BCUT2D eigenvalue weighted by Gasteiger charge is 2.22. The van der Waals surface area contributed by atoms with Crippen LogP contribution in [0.15, 0.2) is 28.5 Å². The molecule has 0 saturated heterocycles. The molecule has 112 valence electrons. The summed E-state index contributed by atoms with van der Waals surface area (Å²) in [6, 6.07) is 3.85. The molecule has 0 amide bonds. The average Bonchev–Trinajstić information content (AvgIpc) is 2.74. The van der Waals surface area contributed by atoms with Crippen molar-refractivity contribution in [1.82, 2.24) is 0 Å². The highest BCUT2D eigenvalue weighted by molar-refractivity contribution is 7.92. The topological polar surface area (TPSA) is 83.5 Å². The summed E-state index contributed by atoms with van der Waals surface area (Å²) in [5.74, 6) is -1.19. The maximum Gasteiger partial charge on any atom is 0.348 e. The molecule has 1 aromatic carbocycles. The number of carbonyl (C=O) groups is 1. The van der Waals surface area contributed by atoms with Gasteiger partial charge in [-0.25, -0.2) is 13.2 Å². The van der Waals surface area contributed by atoms with Gasteiger partial charge in [-0.1, -0.05) is 23.2 Å². The molecule has 0 radical (unpaired) electrons. The Balaban J connectivity index is 2.44. The van der Waals surface area contributed by atoms with E-state index in [0.29, 0.717) is 5.56 Å². The molecule has 1 heterocycles. The van der Waals surface area contributed by atoms with Crippen molar-refractivity contribution < 1.29 is 18.3 Å². The fourth-order valence-electron chi connectivity index (χ4n) is 1.57. The van der Waals surface area contributed by atoms with E-state index in [-0.39, 0.29) is 25.5 Å². The smallest absolute Gasteiger partial charge is 0.348 e. The number of aryl methyl sites for hydroxylation is 1. The van der Waals surface area contributed by atoms with Gasteiger partial charge in [0.2, 0.25) is 0 Å². The molecule has 0 fully saturated rings. The number of thiophene rings is 1. The molecule has 0 bridgehead atoms. The highest BCUT2D eigenvalue weighted by Crippen LogP contribution is 2.31.